The fourth-order valence-electron chi connectivity index (χ4n) is 4.48. The van der Waals surface area contributed by atoms with Crippen molar-refractivity contribution < 1.29 is 8.42 Å². The molecule has 1 aliphatic carbocycles. The Bertz CT molecular complexity index is 1210. The van der Waals surface area contributed by atoms with E-state index in [1.807, 2.05) is 44.3 Å². The molecule has 1 aromatic heterocycles. The highest BCUT2D eigenvalue weighted by Gasteiger charge is 2.23. The number of rotatable bonds is 9. The summed E-state index contributed by atoms with van der Waals surface area (Å²) in [5, 5.41) is 4.52. The van der Waals surface area contributed by atoms with E-state index in [2.05, 4.69) is 27.9 Å². The molecule has 34 heavy (non-hydrogen) atoms. The van der Waals surface area contributed by atoms with E-state index in [1.54, 1.807) is 12.1 Å². The molecule has 0 radical (unpaired) electrons. The largest absolute Gasteiger partial charge is 0.359 e. The minimum absolute atomic E-state index is 0.333. The highest BCUT2D eigenvalue weighted by Crippen LogP contribution is 2.30. The quantitative estimate of drug-likeness (QED) is 0.465. The Morgan fingerprint density at radius 1 is 0.941 bits per heavy atom. The molecule has 4 rings (SSSR count). The van der Waals surface area contributed by atoms with E-state index >= 15 is 0 Å². The molecule has 0 aliphatic heterocycles. The van der Waals surface area contributed by atoms with Crippen molar-refractivity contribution in [3.8, 4) is 0 Å². The lowest BCUT2D eigenvalue weighted by molar-refractivity contribution is 0.284. The lowest BCUT2D eigenvalue weighted by Gasteiger charge is -2.29. The number of nitrogens with zero attached hydrogens (tertiary/aromatic N) is 3. The second-order valence-corrected chi connectivity index (χ2v) is 11.1. The van der Waals surface area contributed by atoms with Gasteiger partial charge < -0.3 is 10.2 Å². The number of sulfonamides is 1. The average Bonchev–Trinajstić information content (AvgIpc) is 2.86. The summed E-state index contributed by atoms with van der Waals surface area (Å²) < 4.78 is 27.9. The number of nitrogens with one attached hydrogen (secondary N) is 2. The van der Waals surface area contributed by atoms with Crippen molar-refractivity contribution in [1.29, 1.82) is 0 Å². The van der Waals surface area contributed by atoms with Gasteiger partial charge in [-0.15, -0.1) is 0 Å². The summed E-state index contributed by atoms with van der Waals surface area (Å²) in [5.74, 6) is 2.52. The minimum atomic E-state index is -3.45. The van der Waals surface area contributed by atoms with Gasteiger partial charge in [0.25, 0.3) is 0 Å². The van der Waals surface area contributed by atoms with Crippen LogP contribution in [-0.2, 0) is 10.0 Å². The monoisotopic (exact) mass is 481 g/mol. The molecule has 0 amide bonds. The average molecular weight is 482 g/mol. The van der Waals surface area contributed by atoms with Crippen molar-refractivity contribution in [2.24, 2.45) is 11.8 Å². The third-order valence-electron chi connectivity index (χ3n) is 6.83. The van der Waals surface area contributed by atoms with Crippen molar-refractivity contribution >= 4 is 32.7 Å². The Labute approximate surface area is 203 Å². The molecule has 1 fully saturated rings. The van der Waals surface area contributed by atoms with Gasteiger partial charge in [-0.25, -0.2) is 18.1 Å². The van der Waals surface area contributed by atoms with Gasteiger partial charge in [-0.3, -0.25) is 0 Å². The lowest BCUT2D eigenvalue weighted by atomic mass is 9.82. The fourth-order valence-corrected chi connectivity index (χ4v) is 5.60. The van der Waals surface area contributed by atoms with E-state index in [0.717, 1.165) is 61.1 Å². The van der Waals surface area contributed by atoms with Crippen LogP contribution in [-0.4, -0.2) is 45.1 Å². The molecule has 8 heteroatoms. The van der Waals surface area contributed by atoms with E-state index in [0.29, 0.717) is 29.2 Å². The van der Waals surface area contributed by atoms with Crippen LogP contribution in [0.1, 0.15) is 38.2 Å². The van der Waals surface area contributed by atoms with Crippen LogP contribution in [0.25, 0.3) is 10.9 Å². The summed E-state index contributed by atoms with van der Waals surface area (Å²) in [6.45, 7) is 6.26. The number of aromatic nitrogens is 2. The van der Waals surface area contributed by atoms with Gasteiger partial charge in [-0.05, 0) is 75.6 Å². The molecule has 7 nitrogen and oxygen atoms in total. The van der Waals surface area contributed by atoms with Gasteiger partial charge in [-0.2, -0.15) is 4.98 Å². The Morgan fingerprint density at radius 3 is 2.26 bits per heavy atom. The molecule has 3 aromatic rings. The maximum atomic E-state index is 12.6. The molecule has 2 aromatic carbocycles. The Morgan fingerprint density at radius 2 is 1.59 bits per heavy atom. The standard InChI is InChI=1S/C26H35N5O2S/c1-4-31(3)25-23-7-5-6-8-24(23)29-26(30-25)27-17-20-11-13-21(14-12-20)18-28-34(32,33)22-15-9-19(2)10-16-22/h5-10,15-16,20-21,28H,4,11-14,17-18H2,1-3H3,(H,27,29,30). The molecule has 0 saturated heterocycles. The van der Waals surface area contributed by atoms with Crippen LogP contribution in [0.5, 0.6) is 0 Å². The van der Waals surface area contributed by atoms with Gasteiger partial charge in [0, 0.05) is 32.1 Å². The highest BCUT2D eigenvalue weighted by molar-refractivity contribution is 7.89. The molecule has 2 N–H and O–H groups in total. The third-order valence-corrected chi connectivity index (χ3v) is 8.27. The van der Waals surface area contributed by atoms with Crippen LogP contribution in [0.4, 0.5) is 11.8 Å². The highest BCUT2D eigenvalue weighted by atomic mass is 32.2. The molecule has 0 spiro atoms. The van der Waals surface area contributed by atoms with Crippen LogP contribution >= 0.6 is 0 Å². The normalized spacial score (nSPS) is 18.7. The predicted molar refractivity (Wildman–Crippen MR) is 139 cm³/mol. The van der Waals surface area contributed by atoms with Gasteiger partial charge in [0.15, 0.2) is 0 Å². The Kier molecular flexibility index (Phi) is 7.68. The summed E-state index contributed by atoms with van der Waals surface area (Å²) in [6.07, 6.45) is 4.18. The van der Waals surface area contributed by atoms with Crippen LogP contribution in [0.15, 0.2) is 53.4 Å². The van der Waals surface area contributed by atoms with E-state index < -0.39 is 10.0 Å². The first-order chi connectivity index (χ1) is 16.4. The van der Waals surface area contributed by atoms with Gasteiger partial charge >= 0.3 is 0 Å². The topological polar surface area (TPSA) is 87.2 Å². The molecule has 0 unspecified atom stereocenters. The minimum Gasteiger partial charge on any atom is -0.359 e. The van der Waals surface area contributed by atoms with Gasteiger partial charge in [-0.1, -0.05) is 29.8 Å². The van der Waals surface area contributed by atoms with Crippen LogP contribution in [0.3, 0.4) is 0 Å². The van der Waals surface area contributed by atoms with Crippen molar-refractivity contribution in [2.75, 3.05) is 36.9 Å². The number of para-hydroxylation sites is 1. The summed E-state index contributed by atoms with van der Waals surface area (Å²) in [6, 6.07) is 15.1. The number of hydrogen-bond acceptors (Lipinski definition) is 6. The number of anilines is 2. The first-order valence-electron chi connectivity index (χ1n) is 12.1. The summed E-state index contributed by atoms with van der Waals surface area (Å²) in [7, 11) is -1.40. The Hall–Kier alpha value is -2.71. The first kappa shape index (κ1) is 24.4. The SMILES string of the molecule is CCN(C)c1nc(NCC2CCC(CNS(=O)(=O)c3ccc(C)cc3)CC2)nc2ccccc12. The van der Waals surface area contributed by atoms with E-state index in [1.165, 1.54) is 0 Å². The van der Waals surface area contributed by atoms with E-state index in [9.17, 15) is 8.42 Å². The summed E-state index contributed by atoms with van der Waals surface area (Å²) in [4.78, 5) is 12.0. The third kappa shape index (κ3) is 5.85. The number of aryl methyl sites for hydroxylation is 1. The van der Waals surface area contributed by atoms with E-state index in [-0.39, 0.29) is 0 Å². The maximum absolute atomic E-state index is 12.6. The smallest absolute Gasteiger partial charge is 0.240 e. The molecule has 1 aliphatic rings. The fraction of sp³-hybridized carbons (Fsp3) is 0.462. The zero-order valence-corrected chi connectivity index (χ0v) is 21.1. The molecule has 182 valence electrons. The number of benzene rings is 2. The van der Waals surface area contributed by atoms with Crippen molar-refractivity contribution in [2.45, 2.75) is 44.4 Å². The van der Waals surface area contributed by atoms with Gasteiger partial charge in [0.2, 0.25) is 16.0 Å². The number of hydrogen-bond donors (Lipinski definition) is 2. The van der Waals surface area contributed by atoms with Crippen molar-refractivity contribution in [3.05, 3.63) is 54.1 Å². The summed E-state index contributed by atoms with van der Waals surface area (Å²) in [5.41, 5.74) is 1.99. The molecule has 1 heterocycles. The van der Waals surface area contributed by atoms with E-state index in [4.69, 9.17) is 9.97 Å². The molecule has 0 atom stereocenters. The molecular weight excluding hydrogens is 446 g/mol. The van der Waals surface area contributed by atoms with Crippen molar-refractivity contribution in [3.63, 3.8) is 0 Å². The lowest BCUT2D eigenvalue weighted by Crippen LogP contribution is -2.32. The van der Waals surface area contributed by atoms with Crippen molar-refractivity contribution in [1.82, 2.24) is 14.7 Å². The molecular formula is C26H35N5O2S. The zero-order valence-electron chi connectivity index (χ0n) is 20.3. The second kappa shape index (κ2) is 10.7. The molecule has 1 saturated carbocycles. The predicted octanol–water partition coefficient (Wildman–Crippen LogP) is 4.59. The first-order valence-corrected chi connectivity index (χ1v) is 13.6. The zero-order chi connectivity index (χ0) is 24.1. The summed E-state index contributed by atoms with van der Waals surface area (Å²) >= 11 is 0. The van der Waals surface area contributed by atoms with Gasteiger partial charge in [0.05, 0.1) is 10.4 Å². The Balaban J connectivity index is 1.29. The van der Waals surface area contributed by atoms with Crippen LogP contribution in [0, 0.1) is 18.8 Å². The van der Waals surface area contributed by atoms with Crippen LogP contribution in [0.2, 0.25) is 0 Å². The van der Waals surface area contributed by atoms with Crippen LogP contribution < -0.4 is 14.9 Å². The molecule has 0 bridgehead atoms. The maximum Gasteiger partial charge on any atom is 0.240 e. The van der Waals surface area contributed by atoms with Gasteiger partial charge in [0.1, 0.15) is 5.82 Å². The number of fused-ring (bicyclic) bond motifs is 1. The second-order valence-electron chi connectivity index (χ2n) is 9.33.